The van der Waals surface area contributed by atoms with Crippen molar-refractivity contribution in [2.24, 2.45) is 5.92 Å². The Labute approximate surface area is 242 Å². The van der Waals surface area contributed by atoms with Crippen molar-refractivity contribution in [3.63, 3.8) is 0 Å². The molecule has 0 radical (unpaired) electrons. The van der Waals surface area contributed by atoms with Crippen LogP contribution in [-0.4, -0.2) is 86.2 Å². The molecule has 2 aliphatic rings. The molecule has 220 valence electrons. The molecule has 2 saturated heterocycles. The highest BCUT2D eigenvalue weighted by Gasteiger charge is 2.28. The number of carbonyl (C=O) groups is 1. The highest BCUT2D eigenvalue weighted by atomic mass is 16.5. The van der Waals surface area contributed by atoms with Crippen LogP contribution in [0.15, 0.2) is 36.4 Å². The standard InChI is InChI=1S/C34H51N3O3/c1-5-37(6-2)34(38)29-14-11-21-36(26-29)23-13-25-40-33-18-10-16-31(28(33)4)30-15-9-17-32(27(30)3)39-24-12-22-35-19-7-8-20-35/h9-10,15-18,29H,5-8,11-14,19-26H2,1-4H3. The van der Waals surface area contributed by atoms with Gasteiger partial charge in [0, 0.05) is 32.7 Å². The quantitative estimate of drug-likeness (QED) is 0.263. The SMILES string of the molecule is CCN(CC)C(=O)C1CCCN(CCCOc2cccc(-c3cccc(OCCCN4CCCC4)c3C)c2C)C1. The lowest BCUT2D eigenvalue weighted by Crippen LogP contribution is -2.45. The molecule has 6 heteroatoms. The summed E-state index contributed by atoms with van der Waals surface area (Å²) in [6.07, 6.45) is 6.80. The lowest BCUT2D eigenvalue weighted by molar-refractivity contribution is -0.137. The minimum atomic E-state index is 0.140. The Morgan fingerprint density at radius 1 is 0.800 bits per heavy atom. The summed E-state index contributed by atoms with van der Waals surface area (Å²) < 4.78 is 12.5. The van der Waals surface area contributed by atoms with Gasteiger partial charge in [-0.05, 0) is 120 Å². The fraction of sp³-hybridized carbons (Fsp3) is 0.618. The van der Waals surface area contributed by atoms with E-state index in [4.69, 9.17) is 9.47 Å². The molecule has 40 heavy (non-hydrogen) atoms. The number of likely N-dealkylation sites (tertiary alicyclic amines) is 2. The van der Waals surface area contributed by atoms with Gasteiger partial charge in [-0.2, -0.15) is 0 Å². The third-order valence-corrected chi connectivity index (χ3v) is 8.74. The molecule has 6 nitrogen and oxygen atoms in total. The summed E-state index contributed by atoms with van der Waals surface area (Å²) in [5.74, 6) is 2.39. The molecule has 2 fully saturated rings. The van der Waals surface area contributed by atoms with E-state index in [-0.39, 0.29) is 5.92 Å². The summed E-state index contributed by atoms with van der Waals surface area (Å²) in [5.41, 5.74) is 4.76. The van der Waals surface area contributed by atoms with Gasteiger partial charge in [0.05, 0.1) is 19.1 Å². The average molecular weight is 550 g/mol. The molecular weight excluding hydrogens is 498 g/mol. The zero-order chi connectivity index (χ0) is 28.3. The van der Waals surface area contributed by atoms with Gasteiger partial charge in [0.25, 0.3) is 0 Å². The molecule has 2 aromatic rings. The number of piperidine rings is 1. The molecule has 2 aromatic carbocycles. The maximum Gasteiger partial charge on any atom is 0.226 e. The zero-order valence-electron chi connectivity index (χ0n) is 25.4. The largest absolute Gasteiger partial charge is 0.493 e. The predicted molar refractivity (Wildman–Crippen MR) is 164 cm³/mol. The molecule has 0 N–H and O–H groups in total. The van der Waals surface area contributed by atoms with Crippen molar-refractivity contribution >= 4 is 5.91 Å². The van der Waals surface area contributed by atoms with E-state index in [0.29, 0.717) is 12.5 Å². The predicted octanol–water partition coefficient (Wildman–Crippen LogP) is 6.18. The molecule has 1 unspecified atom stereocenters. The van der Waals surface area contributed by atoms with E-state index in [2.05, 4.69) is 73.9 Å². The molecule has 0 saturated carbocycles. The van der Waals surface area contributed by atoms with Gasteiger partial charge in [-0.3, -0.25) is 4.79 Å². The van der Waals surface area contributed by atoms with E-state index in [1.807, 2.05) is 4.90 Å². The van der Waals surface area contributed by atoms with Crippen LogP contribution in [0, 0.1) is 19.8 Å². The van der Waals surface area contributed by atoms with E-state index in [0.717, 1.165) is 83.1 Å². The second-order valence-corrected chi connectivity index (χ2v) is 11.5. The third kappa shape index (κ3) is 8.01. The van der Waals surface area contributed by atoms with Crippen molar-refractivity contribution in [1.29, 1.82) is 0 Å². The fourth-order valence-corrected chi connectivity index (χ4v) is 6.33. The topological polar surface area (TPSA) is 45.3 Å². The number of nitrogens with zero attached hydrogens (tertiary/aromatic N) is 3. The van der Waals surface area contributed by atoms with Gasteiger partial charge in [0.15, 0.2) is 0 Å². The van der Waals surface area contributed by atoms with E-state index in [9.17, 15) is 4.79 Å². The van der Waals surface area contributed by atoms with Crippen molar-refractivity contribution in [1.82, 2.24) is 14.7 Å². The Morgan fingerprint density at radius 2 is 1.32 bits per heavy atom. The number of hydrogen-bond donors (Lipinski definition) is 0. The molecular formula is C34H51N3O3. The lowest BCUT2D eigenvalue weighted by atomic mass is 9.95. The van der Waals surface area contributed by atoms with Gasteiger partial charge in [0.2, 0.25) is 5.91 Å². The smallest absolute Gasteiger partial charge is 0.226 e. The van der Waals surface area contributed by atoms with E-state index < -0.39 is 0 Å². The van der Waals surface area contributed by atoms with Crippen LogP contribution in [-0.2, 0) is 4.79 Å². The van der Waals surface area contributed by atoms with Crippen LogP contribution in [0.4, 0.5) is 0 Å². The zero-order valence-corrected chi connectivity index (χ0v) is 25.4. The molecule has 0 aromatic heterocycles. The molecule has 0 bridgehead atoms. The van der Waals surface area contributed by atoms with Gasteiger partial charge in [0.1, 0.15) is 11.5 Å². The molecule has 1 amide bonds. The van der Waals surface area contributed by atoms with Crippen LogP contribution in [0.25, 0.3) is 11.1 Å². The van der Waals surface area contributed by atoms with Crippen LogP contribution in [0.3, 0.4) is 0 Å². The van der Waals surface area contributed by atoms with E-state index >= 15 is 0 Å². The normalized spacial score (nSPS) is 18.1. The van der Waals surface area contributed by atoms with Gasteiger partial charge in [-0.25, -0.2) is 0 Å². The Morgan fingerprint density at radius 3 is 1.88 bits per heavy atom. The highest BCUT2D eigenvalue weighted by molar-refractivity contribution is 5.79. The van der Waals surface area contributed by atoms with Crippen LogP contribution in [0.2, 0.25) is 0 Å². The van der Waals surface area contributed by atoms with E-state index in [1.54, 1.807) is 0 Å². The summed E-state index contributed by atoms with van der Waals surface area (Å²) in [6.45, 7) is 18.0. The van der Waals surface area contributed by atoms with Gasteiger partial charge in [-0.15, -0.1) is 0 Å². The Kier molecular flexibility index (Phi) is 11.7. The number of hydrogen-bond acceptors (Lipinski definition) is 5. The maximum absolute atomic E-state index is 12.8. The first-order chi connectivity index (χ1) is 19.5. The number of amides is 1. The summed E-state index contributed by atoms with van der Waals surface area (Å²) >= 11 is 0. The van der Waals surface area contributed by atoms with Crippen molar-refractivity contribution in [3.05, 3.63) is 47.5 Å². The summed E-state index contributed by atoms with van der Waals surface area (Å²) in [5, 5.41) is 0. The van der Waals surface area contributed by atoms with Gasteiger partial charge in [-0.1, -0.05) is 24.3 Å². The summed E-state index contributed by atoms with van der Waals surface area (Å²) in [6, 6.07) is 12.7. The second-order valence-electron chi connectivity index (χ2n) is 11.5. The second kappa shape index (κ2) is 15.4. The molecule has 1 atom stereocenters. The maximum atomic E-state index is 12.8. The van der Waals surface area contributed by atoms with Gasteiger partial charge < -0.3 is 24.2 Å². The first-order valence-electron chi connectivity index (χ1n) is 15.7. The number of benzene rings is 2. The Balaban J connectivity index is 1.28. The minimum absolute atomic E-state index is 0.140. The Hall–Kier alpha value is -2.57. The van der Waals surface area contributed by atoms with Gasteiger partial charge >= 0.3 is 0 Å². The summed E-state index contributed by atoms with van der Waals surface area (Å²) in [7, 11) is 0. The molecule has 2 heterocycles. The Bertz CT molecular complexity index is 1080. The fourth-order valence-electron chi connectivity index (χ4n) is 6.33. The molecule has 0 spiro atoms. The number of carbonyl (C=O) groups excluding carboxylic acids is 1. The van der Waals surface area contributed by atoms with Crippen molar-refractivity contribution in [3.8, 4) is 22.6 Å². The highest BCUT2D eigenvalue weighted by Crippen LogP contribution is 2.35. The minimum Gasteiger partial charge on any atom is -0.493 e. The first kappa shape index (κ1) is 30.4. The monoisotopic (exact) mass is 549 g/mol. The third-order valence-electron chi connectivity index (χ3n) is 8.74. The van der Waals surface area contributed by atoms with Crippen molar-refractivity contribution in [2.75, 3.05) is 65.6 Å². The molecule has 0 aliphatic carbocycles. The van der Waals surface area contributed by atoms with E-state index in [1.165, 1.54) is 48.2 Å². The lowest BCUT2D eigenvalue weighted by Gasteiger charge is -2.34. The molecule has 2 aliphatic heterocycles. The van der Waals surface area contributed by atoms with Crippen LogP contribution >= 0.6 is 0 Å². The molecule has 4 rings (SSSR count). The first-order valence-corrected chi connectivity index (χ1v) is 15.7. The summed E-state index contributed by atoms with van der Waals surface area (Å²) in [4.78, 5) is 19.8. The number of ether oxygens (including phenoxy) is 2. The number of rotatable bonds is 14. The average Bonchev–Trinajstić information content (AvgIpc) is 3.50. The van der Waals surface area contributed by atoms with Crippen LogP contribution < -0.4 is 9.47 Å². The van der Waals surface area contributed by atoms with Crippen LogP contribution in [0.1, 0.15) is 63.5 Å². The van der Waals surface area contributed by atoms with Crippen molar-refractivity contribution in [2.45, 2.75) is 66.2 Å². The van der Waals surface area contributed by atoms with Crippen molar-refractivity contribution < 1.29 is 14.3 Å². The van der Waals surface area contributed by atoms with Crippen LogP contribution in [0.5, 0.6) is 11.5 Å².